The van der Waals surface area contributed by atoms with Crippen LogP contribution in [0.15, 0.2) is 41.5 Å². The van der Waals surface area contributed by atoms with Gasteiger partial charge >= 0.3 is 0 Å². The molecule has 1 fully saturated rings. The number of rotatable bonds is 4. The molecule has 2 aromatic heterocycles. The third-order valence-electron chi connectivity index (χ3n) is 4.48. The second-order valence-electron chi connectivity index (χ2n) is 6.38. The minimum Gasteiger partial charge on any atom is -0.367 e. The van der Waals surface area contributed by atoms with Crippen molar-refractivity contribution >= 4 is 16.7 Å². The van der Waals surface area contributed by atoms with Gasteiger partial charge in [0.2, 0.25) is 0 Å². The van der Waals surface area contributed by atoms with E-state index in [1.54, 1.807) is 13.4 Å². The summed E-state index contributed by atoms with van der Waals surface area (Å²) in [6.07, 6.45) is 4.82. The number of fused-ring (bicyclic) bond motifs is 1. The zero-order valence-electron chi connectivity index (χ0n) is 13.9. The summed E-state index contributed by atoms with van der Waals surface area (Å²) in [6, 6.07) is 10.7. The van der Waals surface area contributed by atoms with E-state index in [-0.39, 0.29) is 5.56 Å². The highest BCUT2D eigenvalue weighted by atomic mass is 16.1. The Morgan fingerprint density at radius 3 is 2.67 bits per heavy atom. The van der Waals surface area contributed by atoms with Crippen LogP contribution in [0.5, 0.6) is 0 Å². The fourth-order valence-corrected chi connectivity index (χ4v) is 2.81. The Morgan fingerprint density at radius 1 is 1.25 bits per heavy atom. The van der Waals surface area contributed by atoms with Gasteiger partial charge in [0, 0.05) is 18.7 Å². The largest absolute Gasteiger partial charge is 0.367 e. The zero-order chi connectivity index (χ0) is 16.7. The second-order valence-corrected chi connectivity index (χ2v) is 6.38. The highest BCUT2D eigenvalue weighted by Gasteiger charge is 2.24. The molecule has 5 nitrogen and oxygen atoms in total. The van der Waals surface area contributed by atoms with Crippen molar-refractivity contribution in [2.45, 2.75) is 32.2 Å². The number of nitrogens with one attached hydrogen (secondary N) is 1. The van der Waals surface area contributed by atoms with Crippen molar-refractivity contribution < 1.29 is 0 Å². The van der Waals surface area contributed by atoms with Crippen LogP contribution in [0.3, 0.4) is 0 Å². The molecule has 0 saturated heterocycles. The lowest BCUT2D eigenvalue weighted by Crippen LogP contribution is -2.19. The molecule has 122 valence electrons. The predicted molar refractivity (Wildman–Crippen MR) is 96.2 cm³/mol. The lowest BCUT2D eigenvalue weighted by Gasteiger charge is -2.11. The average molecular weight is 320 g/mol. The van der Waals surface area contributed by atoms with Gasteiger partial charge in [0.15, 0.2) is 0 Å². The van der Waals surface area contributed by atoms with Crippen LogP contribution in [0.4, 0.5) is 5.82 Å². The van der Waals surface area contributed by atoms with E-state index in [0.29, 0.717) is 22.8 Å². The summed E-state index contributed by atoms with van der Waals surface area (Å²) in [4.78, 5) is 21.7. The minimum atomic E-state index is -0.0662. The lowest BCUT2D eigenvalue weighted by molar-refractivity contribution is 0.842. The number of benzene rings is 1. The molecule has 1 N–H and O–H groups in total. The molecule has 1 saturated carbocycles. The molecule has 5 heteroatoms. The maximum Gasteiger partial charge on any atom is 0.264 e. The number of pyridine rings is 1. The number of hydrogen-bond donors (Lipinski definition) is 1. The molecule has 0 spiro atoms. The molecule has 0 unspecified atom stereocenters. The van der Waals surface area contributed by atoms with Crippen molar-refractivity contribution in [3.05, 3.63) is 52.6 Å². The Kier molecular flexibility index (Phi) is 3.56. The van der Waals surface area contributed by atoms with Gasteiger partial charge < -0.3 is 9.88 Å². The first-order chi connectivity index (χ1) is 11.7. The van der Waals surface area contributed by atoms with Crippen LogP contribution in [-0.4, -0.2) is 20.6 Å². The molecule has 0 atom stereocenters. The SMILES string of the molecule is CCc1ccc(-c2cc3ncn(C)c(=O)c3c(NC3CC3)n2)cc1. The van der Waals surface area contributed by atoms with Gasteiger partial charge in [-0.25, -0.2) is 9.97 Å². The summed E-state index contributed by atoms with van der Waals surface area (Å²) < 4.78 is 1.50. The fraction of sp³-hybridized carbons (Fsp3) is 0.316. The zero-order valence-corrected chi connectivity index (χ0v) is 13.9. The second kappa shape index (κ2) is 5.74. The molecule has 0 bridgehead atoms. The molecule has 0 amide bonds. The van der Waals surface area contributed by atoms with Crippen LogP contribution in [0.25, 0.3) is 22.2 Å². The van der Waals surface area contributed by atoms with Crippen LogP contribution in [-0.2, 0) is 13.5 Å². The van der Waals surface area contributed by atoms with Gasteiger partial charge in [0.05, 0.1) is 17.5 Å². The van der Waals surface area contributed by atoms with Gasteiger partial charge in [-0.15, -0.1) is 0 Å². The minimum absolute atomic E-state index is 0.0662. The molecule has 4 rings (SSSR count). The van der Waals surface area contributed by atoms with Crippen LogP contribution in [0, 0.1) is 0 Å². The van der Waals surface area contributed by atoms with E-state index in [1.807, 2.05) is 6.07 Å². The first-order valence-electron chi connectivity index (χ1n) is 8.38. The summed E-state index contributed by atoms with van der Waals surface area (Å²) in [5, 5.41) is 3.97. The summed E-state index contributed by atoms with van der Waals surface area (Å²) >= 11 is 0. The van der Waals surface area contributed by atoms with Crippen molar-refractivity contribution in [3.8, 4) is 11.3 Å². The van der Waals surface area contributed by atoms with Gasteiger partial charge in [-0.1, -0.05) is 31.2 Å². The standard InChI is InChI=1S/C19H20N4O/c1-3-12-4-6-13(7-5-12)15-10-16-17(19(24)23(2)11-20-16)18(22-15)21-14-8-9-14/h4-7,10-11,14H,3,8-9H2,1-2H3,(H,21,22). The van der Waals surface area contributed by atoms with E-state index in [1.165, 1.54) is 10.1 Å². The van der Waals surface area contributed by atoms with E-state index in [9.17, 15) is 4.79 Å². The van der Waals surface area contributed by atoms with E-state index >= 15 is 0 Å². The number of aryl methyl sites for hydroxylation is 2. The molecule has 0 radical (unpaired) electrons. The molecule has 1 aliphatic rings. The van der Waals surface area contributed by atoms with E-state index < -0.39 is 0 Å². The lowest BCUT2D eigenvalue weighted by atomic mass is 10.1. The normalized spacial score (nSPS) is 14.1. The van der Waals surface area contributed by atoms with E-state index in [2.05, 4.69) is 41.5 Å². The summed E-state index contributed by atoms with van der Waals surface area (Å²) in [5.41, 5.74) is 3.79. The maximum absolute atomic E-state index is 12.5. The Labute approximate surface area is 140 Å². The van der Waals surface area contributed by atoms with E-state index in [4.69, 9.17) is 4.98 Å². The van der Waals surface area contributed by atoms with Crippen molar-refractivity contribution in [3.63, 3.8) is 0 Å². The smallest absolute Gasteiger partial charge is 0.264 e. The van der Waals surface area contributed by atoms with Crippen molar-refractivity contribution in [1.29, 1.82) is 0 Å². The average Bonchev–Trinajstić information content (AvgIpc) is 3.42. The molecule has 3 aromatic rings. The summed E-state index contributed by atoms with van der Waals surface area (Å²) in [5.74, 6) is 0.651. The maximum atomic E-state index is 12.5. The first kappa shape index (κ1) is 14.9. The Hall–Kier alpha value is -2.69. The molecule has 0 aliphatic heterocycles. The summed E-state index contributed by atoms with van der Waals surface area (Å²) in [7, 11) is 1.72. The van der Waals surface area contributed by atoms with Gasteiger partial charge in [-0.2, -0.15) is 0 Å². The quantitative estimate of drug-likeness (QED) is 0.802. The molecule has 1 aromatic carbocycles. The predicted octanol–water partition coefficient (Wildman–Crippen LogP) is 3.13. The van der Waals surface area contributed by atoms with Crippen molar-refractivity contribution in [2.75, 3.05) is 5.32 Å². The fourth-order valence-electron chi connectivity index (χ4n) is 2.81. The van der Waals surface area contributed by atoms with E-state index in [0.717, 1.165) is 30.5 Å². The molecule has 2 heterocycles. The van der Waals surface area contributed by atoms with Crippen LogP contribution < -0.4 is 10.9 Å². The van der Waals surface area contributed by atoms with Crippen molar-refractivity contribution in [1.82, 2.24) is 14.5 Å². The van der Waals surface area contributed by atoms with Crippen LogP contribution >= 0.6 is 0 Å². The number of anilines is 1. The monoisotopic (exact) mass is 320 g/mol. The third kappa shape index (κ3) is 2.66. The molecule has 24 heavy (non-hydrogen) atoms. The topological polar surface area (TPSA) is 59.8 Å². The first-order valence-corrected chi connectivity index (χ1v) is 8.38. The third-order valence-corrected chi connectivity index (χ3v) is 4.48. The Bertz CT molecular complexity index is 956. The molecular weight excluding hydrogens is 300 g/mol. The highest BCUT2D eigenvalue weighted by Crippen LogP contribution is 2.29. The van der Waals surface area contributed by atoms with Crippen LogP contribution in [0.1, 0.15) is 25.3 Å². The van der Waals surface area contributed by atoms with Crippen LogP contribution in [0.2, 0.25) is 0 Å². The Balaban J connectivity index is 1.90. The van der Waals surface area contributed by atoms with Gasteiger partial charge in [0.1, 0.15) is 11.2 Å². The van der Waals surface area contributed by atoms with Gasteiger partial charge in [-0.3, -0.25) is 4.79 Å². The van der Waals surface area contributed by atoms with Gasteiger partial charge in [-0.05, 0) is 30.9 Å². The van der Waals surface area contributed by atoms with Gasteiger partial charge in [0.25, 0.3) is 5.56 Å². The molecule has 1 aliphatic carbocycles. The number of hydrogen-bond acceptors (Lipinski definition) is 4. The number of nitrogens with zero attached hydrogens (tertiary/aromatic N) is 3. The highest BCUT2D eigenvalue weighted by molar-refractivity contribution is 5.91. The summed E-state index contributed by atoms with van der Waals surface area (Å²) in [6.45, 7) is 2.14. The Morgan fingerprint density at radius 2 is 2.00 bits per heavy atom. The van der Waals surface area contributed by atoms with Crippen molar-refractivity contribution in [2.24, 2.45) is 7.05 Å². The number of aromatic nitrogens is 3. The molecular formula is C19H20N4O.